The molecule has 1 atom stereocenters. The fourth-order valence-corrected chi connectivity index (χ4v) is 3.95. The van der Waals surface area contributed by atoms with E-state index in [9.17, 15) is 14.4 Å². The molecule has 1 aliphatic rings. The number of anilines is 1. The number of methoxy groups -OCH3 is 1. The Bertz CT molecular complexity index is 636. The van der Waals surface area contributed by atoms with E-state index >= 15 is 0 Å². The number of thiophene rings is 1. The molecule has 0 aliphatic heterocycles. The van der Waals surface area contributed by atoms with E-state index in [2.05, 4.69) is 22.3 Å². The summed E-state index contributed by atoms with van der Waals surface area (Å²) in [6.07, 6.45) is 1.84. The van der Waals surface area contributed by atoms with E-state index < -0.39 is 12.0 Å². The van der Waals surface area contributed by atoms with Crippen molar-refractivity contribution < 1.29 is 19.1 Å². The Morgan fingerprint density at radius 2 is 2.00 bits per heavy atom. The lowest BCUT2D eigenvalue weighted by atomic mass is 9.88. The Morgan fingerprint density at radius 1 is 1.30 bits per heavy atom. The lowest BCUT2D eigenvalue weighted by molar-refractivity contribution is -0.118. The van der Waals surface area contributed by atoms with Crippen molar-refractivity contribution in [2.45, 2.75) is 40.0 Å². The number of carbonyl (C=O) groups excluding carboxylic acids is 3. The largest absolute Gasteiger partial charge is 0.453 e. The summed E-state index contributed by atoms with van der Waals surface area (Å²) >= 11 is 1.43. The fourth-order valence-electron chi connectivity index (χ4n) is 2.54. The van der Waals surface area contributed by atoms with Gasteiger partial charge in [0, 0.05) is 10.8 Å². The monoisotopic (exact) mass is 338 g/mol. The van der Waals surface area contributed by atoms with Crippen molar-refractivity contribution in [2.24, 2.45) is 11.8 Å². The predicted octanol–water partition coefficient (Wildman–Crippen LogP) is 2.96. The minimum Gasteiger partial charge on any atom is -0.453 e. The first-order valence-corrected chi connectivity index (χ1v) is 8.49. The predicted molar refractivity (Wildman–Crippen MR) is 88.8 cm³/mol. The molecule has 0 bridgehead atoms. The molecule has 1 aromatic rings. The molecule has 1 aliphatic carbocycles. The second kappa shape index (κ2) is 7.12. The van der Waals surface area contributed by atoms with Gasteiger partial charge >= 0.3 is 6.09 Å². The number of rotatable bonds is 3. The molecule has 6 nitrogen and oxygen atoms in total. The topological polar surface area (TPSA) is 84.5 Å². The minimum absolute atomic E-state index is 0.149. The summed E-state index contributed by atoms with van der Waals surface area (Å²) in [4.78, 5) is 36.9. The van der Waals surface area contributed by atoms with Crippen molar-refractivity contribution in [3.63, 3.8) is 0 Å². The Labute approximate surface area is 139 Å². The third-order valence-corrected chi connectivity index (χ3v) is 5.07. The van der Waals surface area contributed by atoms with Gasteiger partial charge < -0.3 is 10.1 Å². The van der Waals surface area contributed by atoms with Gasteiger partial charge in [-0.1, -0.05) is 20.8 Å². The highest BCUT2D eigenvalue weighted by Crippen LogP contribution is 2.39. The summed E-state index contributed by atoms with van der Waals surface area (Å²) in [7, 11) is 1.20. The average molecular weight is 338 g/mol. The molecule has 0 unspecified atom stereocenters. The second-order valence-electron chi connectivity index (χ2n) is 6.15. The molecule has 1 aromatic heterocycles. The number of alkyl carbamates (subject to hydrolysis) is 1. The van der Waals surface area contributed by atoms with E-state index in [0.29, 0.717) is 16.5 Å². The van der Waals surface area contributed by atoms with Crippen LogP contribution < -0.4 is 10.6 Å². The van der Waals surface area contributed by atoms with Crippen molar-refractivity contribution in [1.82, 2.24) is 5.32 Å². The van der Waals surface area contributed by atoms with Crippen LogP contribution in [0, 0.1) is 11.8 Å². The number of nitrogens with one attached hydrogen (secondary N) is 2. The number of amides is 3. The first-order valence-electron chi connectivity index (χ1n) is 7.68. The number of imide groups is 1. The van der Waals surface area contributed by atoms with E-state index in [-0.39, 0.29) is 11.8 Å². The Morgan fingerprint density at radius 3 is 2.61 bits per heavy atom. The third kappa shape index (κ3) is 3.90. The van der Waals surface area contributed by atoms with Gasteiger partial charge in [-0.05, 0) is 30.7 Å². The summed E-state index contributed by atoms with van der Waals surface area (Å²) in [6, 6.07) is 0. The molecule has 0 saturated carbocycles. The molecule has 1 heterocycles. The number of carbonyl (C=O) groups is 3. The highest BCUT2D eigenvalue weighted by Gasteiger charge is 2.29. The van der Waals surface area contributed by atoms with Crippen LogP contribution >= 0.6 is 11.3 Å². The van der Waals surface area contributed by atoms with E-state index in [4.69, 9.17) is 0 Å². The molecule has 2 N–H and O–H groups in total. The van der Waals surface area contributed by atoms with Crippen LogP contribution in [0.3, 0.4) is 0 Å². The molecule has 2 rings (SSSR count). The average Bonchev–Trinajstić information content (AvgIpc) is 2.83. The Balaban J connectivity index is 2.38. The highest BCUT2D eigenvalue weighted by molar-refractivity contribution is 7.17. The molecule has 0 fully saturated rings. The SMILES string of the molecule is COC(=O)NC(=O)c1c(NC(=O)C(C)C)sc2c1CC[C@@H](C)C2. The molecular formula is C16H22N2O4S. The maximum atomic E-state index is 12.4. The van der Waals surface area contributed by atoms with Crippen molar-refractivity contribution >= 4 is 34.2 Å². The van der Waals surface area contributed by atoms with Gasteiger partial charge in [-0.25, -0.2) is 4.79 Å². The van der Waals surface area contributed by atoms with Crippen molar-refractivity contribution in [3.05, 3.63) is 16.0 Å². The molecule has 0 aromatic carbocycles. The van der Waals surface area contributed by atoms with Crippen LogP contribution in [-0.4, -0.2) is 25.0 Å². The van der Waals surface area contributed by atoms with Crippen LogP contribution in [-0.2, 0) is 22.4 Å². The molecule has 3 amide bonds. The van der Waals surface area contributed by atoms with Crippen LogP contribution in [0.25, 0.3) is 0 Å². The lowest BCUT2D eigenvalue weighted by Crippen LogP contribution is -2.32. The number of ether oxygens (including phenoxy) is 1. The van der Waals surface area contributed by atoms with Gasteiger partial charge in [0.2, 0.25) is 5.91 Å². The van der Waals surface area contributed by atoms with Gasteiger partial charge in [0.05, 0.1) is 12.7 Å². The normalized spacial score (nSPS) is 16.7. The first-order chi connectivity index (χ1) is 10.8. The summed E-state index contributed by atoms with van der Waals surface area (Å²) < 4.78 is 4.48. The standard InChI is InChI=1S/C16H22N2O4S/c1-8(2)13(19)17-15-12(14(20)18-16(21)22-4)10-6-5-9(3)7-11(10)23-15/h8-9H,5-7H2,1-4H3,(H,17,19)(H,18,20,21)/t9-/m1/s1. The zero-order valence-electron chi connectivity index (χ0n) is 13.8. The molecule has 7 heteroatoms. The summed E-state index contributed by atoms with van der Waals surface area (Å²) in [5, 5.41) is 5.53. The fraction of sp³-hybridized carbons (Fsp3) is 0.562. The zero-order valence-corrected chi connectivity index (χ0v) is 14.6. The van der Waals surface area contributed by atoms with E-state index in [1.165, 1.54) is 18.4 Å². The third-order valence-electron chi connectivity index (χ3n) is 3.90. The highest BCUT2D eigenvalue weighted by atomic mass is 32.1. The van der Waals surface area contributed by atoms with Crippen molar-refractivity contribution in [2.75, 3.05) is 12.4 Å². The van der Waals surface area contributed by atoms with Gasteiger partial charge in [0.25, 0.3) is 5.91 Å². The summed E-state index contributed by atoms with van der Waals surface area (Å²) in [5.74, 6) is -0.317. The van der Waals surface area contributed by atoms with Crippen LogP contribution in [0.15, 0.2) is 0 Å². The molecule has 0 radical (unpaired) electrons. The van der Waals surface area contributed by atoms with E-state index in [1.54, 1.807) is 13.8 Å². The number of hydrogen-bond donors (Lipinski definition) is 2. The molecule has 0 saturated heterocycles. The second-order valence-corrected chi connectivity index (χ2v) is 7.25. The van der Waals surface area contributed by atoms with Crippen LogP contribution in [0.1, 0.15) is 48.0 Å². The summed E-state index contributed by atoms with van der Waals surface area (Å²) in [6.45, 7) is 5.75. The molecule has 0 spiro atoms. The maximum absolute atomic E-state index is 12.4. The van der Waals surface area contributed by atoms with Gasteiger partial charge in [0.15, 0.2) is 0 Å². The van der Waals surface area contributed by atoms with E-state index in [0.717, 1.165) is 29.7 Å². The van der Waals surface area contributed by atoms with Gasteiger partial charge in [-0.2, -0.15) is 0 Å². The van der Waals surface area contributed by atoms with Crippen LogP contribution in [0.5, 0.6) is 0 Å². The van der Waals surface area contributed by atoms with Crippen molar-refractivity contribution in [3.8, 4) is 0 Å². The maximum Gasteiger partial charge on any atom is 0.413 e. The Hall–Kier alpha value is -1.89. The smallest absolute Gasteiger partial charge is 0.413 e. The van der Waals surface area contributed by atoms with Gasteiger partial charge in [-0.3, -0.25) is 14.9 Å². The molecular weight excluding hydrogens is 316 g/mol. The van der Waals surface area contributed by atoms with Gasteiger partial charge in [0.1, 0.15) is 5.00 Å². The van der Waals surface area contributed by atoms with E-state index in [1.807, 2.05) is 0 Å². The number of hydrogen-bond acceptors (Lipinski definition) is 5. The molecule has 23 heavy (non-hydrogen) atoms. The lowest BCUT2D eigenvalue weighted by Gasteiger charge is -2.18. The Kier molecular flexibility index (Phi) is 5.41. The van der Waals surface area contributed by atoms with Crippen molar-refractivity contribution in [1.29, 1.82) is 0 Å². The zero-order chi connectivity index (χ0) is 17.1. The minimum atomic E-state index is -0.805. The first kappa shape index (κ1) is 17.5. The number of fused-ring (bicyclic) bond motifs is 1. The molecule has 126 valence electrons. The quantitative estimate of drug-likeness (QED) is 0.887. The van der Waals surface area contributed by atoms with Crippen LogP contribution in [0.4, 0.5) is 9.80 Å². The summed E-state index contributed by atoms with van der Waals surface area (Å²) in [5.41, 5.74) is 1.34. The van der Waals surface area contributed by atoms with Crippen LogP contribution in [0.2, 0.25) is 0 Å². The van der Waals surface area contributed by atoms with Gasteiger partial charge in [-0.15, -0.1) is 11.3 Å².